The fourth-order valence-corrected chi connectivity index (χ4v) is 9.96. The number of furan rings is 1. The number of para-hydroxylation sites is 4. The van der Waals surface area contributed by atoms with Crippen LogP contribution < -0.4 is 0 Å². The number of nitrogens with one attached hydrogen (secondary N) is 3. The van der Waals surface area contributed by atoms with Gasteiger partial charge in [-0.2, -0.15) is 5.21 Å². The number of benzene rings is 4. The van der Waals surface area contributed by atoms with Crippen molar-refractivity contribution in [2.45, 2.75) is 11.3 Å². The monoisotopic (exact) mass is 784 g/mol. The largest absolute Gasteiger partial charge is 0.460 e. The van der Waals surface area contributed by atoms with E-state index >= 15 is 0 Å². The molecule has 0 saturated heterocycles. The van der Waals surface area contributed by atoms with E-state index in [0.29, 0.717) is 39.9 Å². The van der Waals surface area contributed by atoms with Crippen LogP contribution in [0.25, 0.3) is 65.3 Å². The SMILES string of the molecule is c1ccc2[nH]c(C3=C(c4cc5ccccc5s4)C(c4cc5ccccc5o4)C(c4cnccn4)(c4nc5ccccc5[nH]4)C(c4ccnnn4)=C3c3nn[nH]n3)cc2c1. The van der Waals surface area contributed by atoms with Gasteiger partial charge in [0, 0.05) is 66.9 Å². The van der Waals surface area contributed by atoms with Gasteiger partial charge in [0.25, 0.3) is 0 Å². The maximum Gasteiger partial charge on any atom is 0.205 e. The minimum atomic E-state index is -1.38. The Bertz CT molecular complexity index is 3290. The van der Waals surface area contributed by atoms with Crippen LogP contribution in [0.5, 0.6) is 0 Å². The van der Waals surface area contributed by atoms with E-state index in [0.717, 1.165) is 64.7 Å². The molecule has 280 valence electrons. The van der Waals surface area contributed by atoms with E-state index < -0.39 is 11.3 Å². The molecule has 0 saturated carbocycles. The van der Waals surface area contributed by atoms with E-state index in [2.05, 4.69) is 96.5 Å². The molecule has 2 atom stereocenters. The van der Waals surface area contributed by atoms with Crippen LogP contribution in [0, 0.1) is 0 Å². The molecule has 0 radical (unpaired) electrons. The number of rotatable bonds is 7. The van der Waals surface area contributed by atoms with Crippen molar-refractivity contribution in [3.05, 3.63) is 185 Å². The number of nitrogens with zero attached hydrogens (tertiary/aromatic N) is 9. The van der Waals surface area contributed by atoms with Crippen LogP contribution in [0.3, 0.4) is 0 Å². The summed E-state index contributed by atoms with van der Waals surface area (Å²) in [5.41, 5.74) is 6.86. The molecule has 0 amide bonds. The lowest BCUT2D eigenvalue weighted by Gasteiger charge is -2.45. The Kier molecular flexibility index (Phi) is 7.34. The van der Waals surface area contributed by atoms with Gasteiger partial charge in [-0.3, -0.25) is 9.97 Å². The van der Waals surface area contributed by atoms with Crippen LogP contribution in [0.15, 0.2) is 151 Å². The van der Waals surface area contributed by atoms with Crippen LogP contribution >= 0.6 is 11.3 Å². The number of H-pyrrole nitrogens is 3. The molecular formula is C45H28N12OS. The number of aromatic amines is 3. The van der Waals surface area contributed by atoms with E-state index in [9.17, 15) is 0 Å². The van der Waals surface area contributed by atoms with Crippen LogP contribution in [-0.4, -0.2) is 61.0 Å². The average molecular weight is 785 g/mol. The van der Waals surface area contributed by atoms with Gasteiger partial charge in [-0.15, -0.1) is 31.7 Å². The van der Waals surface area contributed by atoms with Crippen molar-refractivity contribution in [1.82, 2.24) is 61.0 Å². The molecule has 3 N–H and O–H groups in total. The van der Waals surface area contributed by atoms with Gasteiger partial charge in [0.15, 0.2) is 0 Å². The highest BCUT2D eigenvalue weighted by Gasteiger charge is 2.59. The van der Waals surface area contributed by atoms with Crippen LogP contribution in [-0.2, 0) is 5.41 Å². The first-order valence-corrected chi connectivity index (χ1v) is 19.7. The van der Waals surface area contributed by atoms with Crippen LogP contribution in [0.2, 0.25) is 0 Å². The van der Waals surface area contributed by atoms with Gasteiger partial charge in [0.05, 0.1) is 34.5 Å². The van der Waals surface area contributed by atoms with Crippen molar-refractivity contribution >= 4 is 76.6 Å². The number of allylic oxidation sites excluding steroid dienone is 4. The molecule has 7 aromatic heterocycles. The van der Waals surface area contributed by atoms with E-state index in [-0.39, 0.29) is 0 Å². The molecule has 0 fully saturated rings. The third kappa shape index (κ3) is 5.06. The van der Waals surface area contributed by atoms with Crippen LogP contribution in [0.4, 0.5) is 0 Å². The first kappa shape index (κ1) is 33.2. The zero-order chi connectivity index (χ0) is 38.9. The second kappa shape index (κ2) is 13.0. The first-order valence-electron chi connectivity index (χ1n) is 18.9. The molecule has 4 aromatic carbocycles. The van der Waals surface area contributed by atoms with Crippen molar-refractivity contribution in [3.8, 4) is 0 Å². The van der Waals surface area contributed by atoms with Crippen molar-refractivity contribution in [1.29, 1.82) is 0 Å². The highest BCUT2D eigenvalue weighted by atomic mass is 32.1. The van der Waals surface area contributed by atoms with Crippen molar-refractivity contribution in [2.75, 3.05) is 0 Å². The lowest BCUT2D eigenvalue weighted by molar-refractivity contribution is 0.453. The Morgan fingerprint density at radius 3 is 2.32 bits per heavy atom. The predicted molar refractivity (Wildman–Crippen MR) is 226 cm³/mol. The van der Waals surface area contributed by atoms with Gasteiger partial charge >= 0.3 is 0 Å². The van der Waals surface area contributed by atoms with E-state index in [1.807, 2.05) is 60.7 Å². The average Bonchev–Trinajstić information content (AvgIpc) is 4.15. The maximum absolute atomic E-state index is 7.11. The van der Waals surface area contributed by atoms with Gasteiger partial charge < -0.3 is 14.4 Å². The second-order valence-corrected chi connectivity index (χ2v) is 15.4. The lowest BCUT2D eigenvalue weighted by Crippen LogP contribution is -2.42. The molecular weight excluding hydrogens is 757 g/mol. The Morgan fingerprint density at radius 2 is 1.54 bits per heavy atom. The van der Waals surface area contributed by atoms with Gasteiger partial charge in [0.1, 0.15) is 22.6 Å². The van der Waals surface area contributed by atoms with Crippen molar-refractivity contribution in [2.24, 2.45) is 0 Å². The zero-order valence-corrected chi connectivity index (χ0v) is 31.6. The molecule has 0 bridgehead atoms. The molecule has 13 nitrogen and oxygen atoms in total. The Balaban J connectivity index is 1.37. The minimum absolute atomic E-state index is 0.332. The summed E-state index contributed by atoms with van der Waals surface area (Å²) in [6.45, 7) is 0. The normalized spacial score (nSPS) is 17.3. The number of thiophene rings is 1. The fourth-order valence-electron chi connectivity index (χ4n) is 8.82. The highest BCUT2D eigenvalue weighted by Crippen LogP contribution is 2.65. The standard InChI is InChI=1S/C45H28N12OS/c1-4-12-28-25(9-1)21-32(49-28)38-39(36-23-27-11-3-8-16-35(27)59-36)42(34-22-26-10-2-7-15-33(26)58-34)45(37-24-46-19-20-47-37,44-50-29-13-5-6-14-30(29)51-44)41(31-17-18-48-55-52-31)40(38)43-53-56-57-54-43/h1-24,42,49H,(H,50,51)(H,53,54,56,57). The maximum atomic E-state index is 7.11. The molecule has 14 heteroatoms. The van der Waals surface area contributed by atoms with Gasteiger partial charge in [-0.25, -0.2) is 4.98 Å². The molecule has 1 aliphatic carbocycles. The number of fused-ring (bicyclic) bond motifs is 4. The summed E-state index contributed by atoms with van der Waals surface area (Å²) >= 11 is 1.70. The first-order chi connectivity index (χ1) is 29.2. The van der Waals surface area contributed by atoms with Crippen LogP contribution in [0.1, 0.15) is 45.3 Å². The fraction of sp³-hybridized carbons (Fsp3) is 0.0444. The lowest BCUT2D eigenvalue weighted by atomic mass is 9.56. The molecule has 2 unspecified atom stereocenters. The highest BCUT2D eigenvalue weighted by molar-refractivity contribution is 7.20. The summed E-state index contributed by atoms with van der Waals surface area (Å²) in [4.78, 5) is 23.9. The number of hydrogen-bond donors (Lipinski definition) is 3. The second-order valence-electron chi connectivity index (χ2n) is 14.3. The molecule has 11 aromatic rings. The summed E-state index contributed by atoms with van der Waals surface area (Å²) in [5.74, 6) is 0.888. The molecule has 1 aliphatic rings. The van der Waals surface area contributed by atoms with Gasteiger partial charge in [-0.05, 0) is 76.0 Å². The summed E-state index contributed by atoms with van der Waals surface area (Å²) in [5, 5.41) is 32.6. The van der Waals surface area contributed by atoms with Gasteiger partial charge in [0.2, 0.25) is 5.82 Å². The third-order valence-corrected chi connectivity index (χ3v) is 12.3. The number of aromatic nitrogens is 12. The predicted octanol–water partition coefficient (Wildman–Crippen LogP) is 8.80. The van der Waals surface area contributed by atoms with Crippen molar-refractivity contribution < 1.29 is 4.42 Å². The molecule has 12 rings (SSSR count). The quantitative estimate of drug-likeness (QED) is 0.142. The molecule has 0 aliphatic heterocycles. The molecule has 7 heterocycles. The molecule has 59 heavy (non-hydrogen) atoms. The topological polar surface area (TPSA) is 177 Å². The number of tetrazole rings is 1. The Labute approximate surface area is 337 Å². The smallest absolute Gasteiger partial charge is 0.205 e. The third-order valence-electron chi connectivity index (χ3n) is 11.2. The number of hydrogen-bond acceptors (Lipinski definition) is 11. The molecule has 0 spiro atoms. The summed E-state index contributed by atoms with van der Waals surface area (Å²) < 4.78 is 8.23. The zero-order valence-electron chi connectivity index (χ0n) is 30.8. The summed E-state index contributed by atoms with van der Waals surface area (Å²) in [7, 11) is 0. The van der Waals surface area contributed by atoms with Gasteiger partial charge in [-0.1, -0.05) is 66.7 Å². The Hall–Kier alpha value is -7.97. The summed E-state index contributed by atoms with van der Waals surface area (Å²) in [6.07, 6.45) is 6.80. The minimum Gasteiger partial charge on any atom is -0.460 e. The van der Waals surface area contributed by atoms with E-state index in [1.54, 1.807) is 36.1 Å². The van der Waals surface area contributed by atoms with Crippen molar-refractivity contribution in [3.63, 3.8) is 0 Å². The van der Waals surface area contributed by atoms with E-state index in [1.165, 1.54) is 0 Å². The Morgan fingerprint density at radius 1 is 0.712 bits per heavy atom. The number of imidazole rings is 1. The van der Waals surface area contributed by atoms with E-state index in [4.69, 9.17) is 29.6 Å². The summed E-state index contributed by atoms with van der Waals surface area (Å²) in [6, 6.07) is 41.1.